The van der Waals surface area contributed by atoms with Crippen molar-refractivity contribution in [2.45, 2.75) is 51.9 Å². The zero-order chi connectivity index (χ0) is 23.4. The van der Waals surface area contributed by atoms with Gasteiger partial charge in [0.2, 0.25) is 0 Å². The van der Waals surface area contributed by atoms with Crippen molar-refractivity contribution in [1.82, 2.24) is 0 Å². The van der Waals surface area contributed by atoms with Gasteiger partial charge in [-0.2, -0.15) is 0 Å². The average molecular weight is 431 g/mol. The van der Waals surface area contributed by atoms with Crippen LogP contribution in [-0.4, -0.2) is 0 Å². The summed E-state index contributed by atoms with van der Waals surface area (Å²) < 4.78 is 0. The first-order chi connectivity index (χ1) is 16.0. The molecule has 0 radical (unpaired) electrons. The van der Waals surface area contributed by atoms with Crippen LogP contribution in [-0.2, 0) is 6.42 Å². The van der Waals surface area contributed by atoms with Gasteiger partial charge in [0.1, 0.15) is 0 Å². The zero-order valence-electron chi connectivity index (χ0n) is 20.0. The summed E-state index contributed by atoms with van der Waals surface area (Å²) in [4.78, 5) is 0. The van der Waals surface area contributed by atoms with Gasteiger partial charge >= 0.3 is 0 Å². The van der Waals surface area contributed by atoms with Crippen molar-refractivity contribution >= 4 is 5.57 Å². The Kier molecular flexibility index (Phi) is 7.06. The molecule has 33 heavy (non-hydrogen) atoms. The van der Waals surface area contributed by atoms with E-state index in [9.17, 15) is 0 Å². The lowest BCUT2D eigenvalue weighted by Gasteiger charge is -2.35. The minimum atomic E-state index is 0.369. The summed E-state index contributed by atoms with van der Waals surface area (Å²) in [5.74, 6) is 7.87. The summed E-state index contributed by atoms with van der Waals surface area (Å²) >= 11 is 0. The number of allylic oxidation sites excluding steroid dienone is 5. The van der Waals surface area contributed by atoms with Crippen LogP contribution in [0.25, 0.3) is 5.57 Å². The number of hydrogen-bond donors (Lipinski definition) is 0. The smallest absolute Gasteiger partial charge is 0.0323 e. The molecule has 0 heterocycles. The first-order valence-corrected chi connectivity index (χ1v) is 12.2. The molecule has 0 nitrogen and oxygen atoms in total. The van der Waals surface area contributed by atoms with Crippen LogP contribution in [0.15, 0.2) is 72.8 Å². The Morgan fingerprint density at radius 3 is 2.33 bits per heavy atom. The summed E-state index contributed by atoms with van der Waals surface area (Å²) in [5.41, 5.74) is 8.32. The predicted molar refractivity (Wildman–Crippen MR) is 142 cm³/mol. The number of rotatable bonds is 6. The molecule has 0 amide bonds. The average Bonchev–Trinajstić information content (AvgIpc) is 3.26. The van der Waals surface area contributed by atoms with Gasteiger partial charge < -0.3 is 0 Å². The normalized spacial score (nSPS) is 22.8. The maximum absolute atomic E-state index is 5.95. The molecule has 0 saturated heterocycles. The molecule has 166 valence electrons. The van der Waals surface area contributed by atoms with Crippen LogP contribution in [0, 0.1) is 42.4 Å². The van der Waals surface area contributed by atoms with Crippen molar-refractivity contribution in [1.29, 1.82) is 0 Å². The first-order valence-electron chi connectivity index (χ1n) is 12.2. The molecular weight excluding hydrogens is 396 g/mol. The quantitative estimate of drug-likeness (QED) is 0.322. The molecule has 2 unspecified atom stereocenters. The molecule has 4 rings (SSSR count). The lowest BCUT2D eigenvalue weighted by molar-refractivity contribution is 0.253. The topological polar surface area (TPSA) is 0 Å². The maximum atomic E-state index is 5.95. The molecule has 0 aromatic heterocycles. The van der Waals surface area contributed by atoms with Gasteiger partial charge in [-0.3, -0.25) is 0 Å². The van der Waals surface area contributed by atoms with Crippen molar-refractivity contribution in [3.05, 3.63) is 101 Å². The van der Waals surface area contributed by atoms with Crippen LogP contribution in [0.5, 0.6) is 0 Å². The van der Waals surface area contributed by atoms with Crippen molar-refractivity contribution in [3.8, 4) is 24.7 Å². The molecule has 1 fully saturated rings. The van der Waals surface area contributed by atoms with Crippen molar-refractivity contribution in [2.75, 3.05) is 0 Å². The Balaban J connectivity index is 1.46. The van der Waals surface area contributed by atoms with Gasteiger partial charge in [-0.15, -0.1) is 12.8 Å². The third-order valence-electron chi connectivity index (χ3n) is 7.43. The Morgan fingerprint density at radius 2 is 1.76 bits per heavy atom. The fourth-order valence-corrected chi connectivity index (χ4v) is 5.71. The third kappa shape index (κ3) is 5.24. The highest BCUT2D eigenvalue weighted by Gasteiger charge is 2.29. The van der Waals surface area contributed by atoms with Crippen LogP contribution in [0.4, 0.5) is 0 Å². The van der Waals surface area contributed by atoms with Crippen LogP contribution < -0.4 is 0 Å². The Hall–Kier alpha value is -3.22. The lowest BCUT2D eigenvalue weighted by Crippen LogP contribution is -2.22. The van der Waals surface area contributed by atoms with Crippen LogP contribution in [0.2, 0.25) is 0 Å². The summed E-state index contributed by atoms with van der Waals surface area (Å²) in [6.45, 7) is 8.76. The van der Waals surface area contributed by atoms with Crippen LogP contribution in [0.1, 0.15) is 73.3 Å². The minimum Gasteiger partial charge on any atom is -0.115 e. The van der Waals surface area contributed by atoms with E-state index in [1.807, 2.05) is 0 Å². The summed E-state index contributed by atoms with van der Waals surface area (Å²) in [5, 5.41) is 0. The van der Waals surface area contributed by atoms with Gasteiger partial charge in [0.15, 0.2) is 0 Å². The molecular formula is C33H34. The Bertz CT molecular complexity index is 1150. The molecule has 0 spiro atoms. The molecule has 2 atom stereocenters. The van der Waals surface area contributed by atoms with E-state index in [0.717, 1.165) is 23.5 Å². The number of terminal acetylenes is 2. The summed E-state index contributed by atoms with van der Waals surface area (Å²) in [6, 6.07) is 15.2. The number of benzene rings is 2. The summed E-state index contributed by atoms with van der Waals surface area (Å²) in [7, 11) is 0. The Morgan fingerprint density at radius 1 is 1.03 bits per heavy atom. The molecule has 2 aliphatic rings. The zero-order valence-corrected chi connectivity index (χ0v) is 20.0. The molecule has 2 aliphatic carbocycles. The van der Waals surface area contributed by atoms with E-state index in [4.69, 9.17) is 12.8 Å². The second-order valence-corrected chi connectivity index (χ2v) is 9.94. The van der Waals surface area contributed by atoms with E-state index in [0.29, 0.717) is 17.8 Å². The van der Waals surface area contributed by atoms with E-state index in [1.165, 1.54) is 53.5 Å². The SMILES string of the molecule is C#Cc1ccc(CC2CCC(C(C(=C)C)c3ccc(C4=CC(C)C=C4)c(C#C)c3)CC2)cc1. The molecule has 0 aliphatic heterocycles. The number of hydrogen-bond acceptors (Lipinski definition) is 0. The highest BCUT2D eigenvalue weighted by Crippen LogP contribution is 2.43. The second kappa shape index (κ2) is 10.1. The predicted octanol–water partition coefficient (Wildman–Crippen LogP) is 7.95. The third-order valence-corrected chi connectivity index (χ3v) is 7.43. The lowest BCUT2D eigenvalue weighted by atomic mass is 9.70. The van der Waals surface area contributed by atoms with Gasteiger partial charge in [0, 0.05) is 17.0 Å². The van der Waals surface area contributed by atoms with Crippen molar-refractivity contribution < 1.29 is 0 Å². The van der Waals surface area contributed by atoms with Crippen LogP contribution in [0.3, 0.4) is 0 Å². The van der Waals surface area contributed by atoms with E-state index >= 15 is 0 Å². The van der Waals surface area contributed by atoms with Gasteiger partial charge in [0.25, 0.3) is 0 Å². The monoisotopic (exact) mass is 430 g/mol. The molecule has 1 saturated carbocycles. The molecule has 0 heteroatoms. The molecule has 0 bridgehead atoms. The van der Waals surface area contributed by atoms with Crippen molar-refractivity contribution in [3.63, 3.8) is 0 Å². The van der Waals surface area contributed by atoms with Gasteiger partial charge in [-0.05, 0) is 97.2 Å². The molecule has 0 N–H and O–H groups in total. The highest BCUT2D eigenvalue weighted by molar-refractivity contribution is 5.80. The van der Waals surface area contributed by atoms with E-state index in [-0.39, 0.29) is 0 Å². The minimum absolute atomic E-state index is 0.369. The fourth-order valence-electron chi connectivity index (χ4n) is 5.71. The van der Waals surface area contributed by atoms with E-state index < -0.39 is 0 Å². The van der Waals surface area contributed by atoms with Gasteiger partial charge in [0.05, 0.1) is 0 Å². The highest BCUT2D eigenvalue weighted by atomic mass is 14.3. The van der Waals surface area contributed by atoms with Gasteiger partial charge in [-0.25, -0.2) is 0 Å². The first kappa shape index (κ1) is 23.0. The summed E-state index contributed by atoms with van der Waals surface area (Å²) in [6.07, 6.45) is 24.3. The van der Waals surface area contributed by atoms with E-state index in [1.54, 1.807) is 0 Å². The standard InChI is InChI=1S/C33H34/c1-6-25-9-11-26(12-10-25)21-27-13-16-29(17-14-27)33(23(3)4)31-18-19-32(28(7-2)22-31)30-15-8-24(5)20-30/h1-2,8-12,15,18-20,22,24,27,29,33H,3,13-14,16-17,21H2,4-5H3. The largest absolute Gasteiger partial charge is 0.115 e. The maximum Gasteiger partial charge on any atom is 0.0323 e. The van der Waals surface area contributed by atoms with Crippen molar-refractivity contribution in [2.24, 2.45) is 17.8 Å². The molecule has 2 aromatic carbocycles. The second-order valence-electron chi connectivity index (χ2n) is 9.94. The van der Waals surface area contributed by atoms with Crippen LogP contribution >= 0.6 is 0 Å². The Labute approximate surface area is 200 Å². The van der Waals surface area contributed by atoms with E-state index in [2.05, 4.69) is 93.0 Å². The molecule has 2 aromatic rings. The van der Waals surface area contributed by atoms with Gasteiger partial charge in [-0.1, -0.05) is 73.4 Å². The fraction of sp³-hybridized carbons (Fsp3) is 0.333.